The molecule has 2 N–H and O–H groups in total. The SMILES string of the molecule is C=Nc1c(C(=NC)N2CCCC(N)C2)nc(-c2ccc(Cl)cc2Cl)n1-c1ccc(Cl)cc1. The van der Waals surface area contributed by atoms with E-state index in [0.717, 1.165) is 30.9 Å². The molecule has 0 spiro atoms. The van der Waals surface area contributed by atoms with Gasteiger partial charge in [0.25, 0.3) is 0 Å². The van der Waals surface area contributed by atoms with Gasteiger partial charge in [0.2, 0.25) is 0 Å². The molecule has 1 aromatic heterocycles. The molecule has 0 radical (unpaired) electrons. The third-order valence-corrected chi connectivity index (χ3v) is 6.24. The second-order valence-electron chi connectivity index (χ2n) is 7.60. The van der Waals surface area contributed by atoms with E-state index in [0.29, 0.717) is 44.5 Å². The lowest BCUT2D eigenvalue weighted by Gasteiger charge is -2.32. The van der Waals surface area contributed by atoms with Crippen LogP contribution < -0.4 is 5.73 Å². The Labute approximate surface area is 202 Å². The first-order chi connectivity index (χ1) is 15.4. The molecule has 4 rings (SSSR count). The molecule has 1 aliphatic rings. The van der Waals surface area contributed by atoms with Gasteiger partial charge in [-0.25, -0.2) is 9.98 Å². The van der Waals surface area contributed by atoms with Crippen molar-refractivity contribution >= 4 is 53.2 Å². The molecule has 1 aliphatic heterocycles. The molecule has 0 amide bonds. The lowest BCUT2D eigenvalue weighted by molar-refractivity contribution is 0.309. The molecule has 3 aromatic rings. The van der Waals surface area contributed by atoms with Gasteiger partial charge in [0.1, 0.15) is 5.82 Å². The van der Waals surface area contributed by atoms with E-state index in [1.165, 1.54) is 0 Å². The van der Waals surface area contributed by atoms with Crippen molar-refractivity contribution in [1.29, 1.82) is 0 Å². The zero-order chi connectivity index (χ0) is 22.8. The summed E-state index contributed by atoms with van der Waals surface area (Å²) in [5.41, 5.74) is 8.39. The Morgan fingerprint density at radius 2 is 1.84 bits per heavy atom. The lowest BCUT2D eigenvalue weighted by Crippen LogP contribution is -2.46. The van der Waals surface area contributed by atoms with Crippen LogP contribution in [0.3, 0.4) is 0 Å². The van der Waals surface area contributed by atoms with Crippen LogP contribution in [0.15, 0.2) is 52.4 Å². The van der Waals surface area contributed by atoms with Crippen LogP contribution in [0.5, 0.6) is 0 Å². The normalized spacial score (nSPS) is 17.0. The molecule has 0 bridgehead atoms. The summed E-state index contributed by atoms with van der Waals surface area (Å²) in [6.07, 6.45) is 1.98. The van der Waals surface area contributed by atoms with Crippen molar-refractivity contribution in [2.24, 2.45) is 15.7 Å². The average Bonchev–Trinajstić information content (AvgIpc) is 3.14. The third-order valence-electron chi connectivity index (χ3n) is 5.44. The van der Waals surface area contributed by atoms with Crippen LogP contribution in [0.2, 0.25) is 15.1 Å². The molecule has 0 aliphatic carbocycles. The molecule has 32 heavy (non-hydrogen) atoms. The molecule has 6 nitrogen and oxygen atoms in total. The first-order valence-electron chi connectivity index (χ1n) is 10.2. The molecule has 1 fully saturated rings. The highest BCUT2D eigenvalue weighted by Gasteiger charge is 2.28. The number of nitrogens with two attached hydrogens (primary N) is 1. The minimum atomic E-state index is 0.0872. The first-order valence-corrected chi connectivity index (χ1v) is 11.3. The van der Waals surface area contributed by atoms with E-state index < -0.39 is 0 Å². The van der Waals surface area contributed by atoms with E-state index >= 15 is 0 Å². The van der Waals surface area contributed by atoms with Crippen molar-refractivity contribution in [3.63, 3.8) is 0 Å². The number of nitrogens with zero attached hydrogens (tertiary/aromatic N) is 5. The number of aliphatic imine (C=N–C) groups is 2. The van der Waals surface area contributed by atoms with Crippen LogP contribution in [-0.4, -0.2) is 53.2 Å². The Hall–Kier alpha value is -2.38. The van der Waals surface area contributed by atoms with E-state index in [1.807, 2.05) is 34.9 Å². The second kappa shape index (κ2) is 9.63. The summed E-state index contributed by atoms with van der Waals surface area (Å²) >= 11 is 18.8. The average molecular weight is 490 g/mol. The quantitative estimate of drug-likeness (QED) is 0.381. The molecule has 1 atom stereocenters. The maximum Gasteiger partial charge on any atom is 0.168 e. The summed E-state index contributed by atoms with van der Waals surface area (Å²) in [6.45, 7) is 5.38. The fourth-order valence-electron chi connectivity index (χ4n) is 3.99. The van der Waals surface area contributed by atoms with Crippen molar-refractivity contribution in [1.82, 2.24) is 14.5 Å². The summed E-state index contributed by atoms with van der Waals surface area (Å²) in [6, 6.07) is 12.8. The maximum atomic E-state index is 6.57. The van der Waals surface area contributed by atoms with Gasteiger partial charge in [-0.3, -0.25) is 9.56 Å². The van der Waals surface area contributed by atoms with Crippen LogP contribution in [0.1, 0.15) is 18.5 Å². The van der Waals surface area contributed by atoms with E-state index in [4.69, 9.17) is 45.5 Å². The van der Waals surface area contributed by atoms with Gasteiger partial charge >= 0.3 is 0 Å². The third kappa shape index (κ3) is 4.41. The van der Waals surface area contributed by atoms with Crippen molar-refractivity contribution in [3.8, 4) is 17.1 Å². The summed E-state index contributed by atoms with van der Waals surface area (Å²) in [4.78, 5) is 16.0. The minimum Gasteiger partial charge on any atom is -0.353 e. The molecule has 2 aromatic carbocycles. The smallest absolute Gasteiger partial charge is 0.168 e. The largest absolute Gasteiger partial charge is 0.353 e. The van der Waals surface area contributed by atoms with Gasteiger partial charge in [-0.05, 0) is 62.0 Å². The number of amidine groups is 1. The van der Waals surface area contributed by atoms with E-state index in [-0.39, 0.29) is 6.04 Å². The van der Waals surface area contributed by atoms with Crippen molar-refractivity contribution in [2.75, 3.05) is 20.1 Å². The Morgan fingerprint density at radius 1 is 1.12 bits per heavy atom. The molecule has 2 heterocycles. The molecule has 1 unspecified atom stereocenters. The van der Waals surface area contributed by atoms with Crippen LogP contribution in [-0.2, 0) is 0 Å². The Kier molecular flexibility index (Phi) is 6.86. The number of hydrogen-bond acceptors (Lipinski definition) is 4. The molecule has 0 saturated carbocycles. The highest BCUT2D eigenvalue weighted by Crippen LogP contribution is 2.37. The fourth-order valence-corrected chi connectivity index (χ4v) is 4.61. The first kappa shape index (κ1) is 22.8. The van der Waals surface area contributed by atoms with E-state index in [9.17, 15) is 0 Å². The lowest BCUT2D eigenvalue weighted by atomic mass is 10.1. The summed E-state index contributed by atoms with van der Waals surface area (Å²) in [5.74, 6) is 1.89. The number of halogens is 3. The molecular formula is C23H23Cl3N6. The highest BCUT2D eigenvalue weighted by atomic mass is 35.5. The summed E-state index contributed by atoms with van der Waals surface area (Å²) < 4.78 is 1.91. The van der Waals surface area contributed by atoms with Crippen molar-refractivity contribution in [3.05, 3.63) is 63.2 Å². The van der Waals surface area contributed by atoms with Crippen LogP contribution >= 0.6 is 34.8 Å². The number of hydrogen-bond donors (Lipinski definition) is 1. The zero-order valence-corrected chi connectivity index (χ0v) is 19.9. The number of benzene rings is 2. The van der Waals surface area contributed by atoms with Gasteiger partial charge in [0, 0.05) is 47.5 Å². The van der Waals surface area contributed by atoms with Crippen LogP contribution in [0.4, 0.5) is 5.82 Å². The van der Waals surface area contributed by atoms with Crippen molar-refractivity contribution in [2.45, 2.75) is 18.9 Å². The molecule has 9 heteroatoms. The van der Waals surface area contributed by atoms with Crippen LogP contribution in [0, 0.1) is 0 Å². The van der Waals surface area contributed by atoms with Gasteiger partial charge in [0.15, 0.2) is 17.3 Å². The molecule has 166 valence electrons. The zero-order valence-electron chi connectivity index (χ0n) is 17.6. The fraction of sp³-hybridized carbons (Fsp3) is 0.261. The standard InChI is InChI=1S/C23H23Cl3N6/c1-28-22(31-11-3-4-16(27)13-31)20-23(29-2)32(17-8-5-14(24)6-9-17)21(30-20)18-10-7-15(25)12-19(18)26/h5-10,12,16H,2-4,11,13,27H2,1H3. The van der Waals surface area contributed by atoms with Crippen molar-refractivity contribution < 1.29 is 0 Å². The number of piperidine rings is 1. The van der Waals surface area contributed by atoms with E-state index in [1.54, 1.807) is 19.2 Å². The predicted molar refractivity (Wildman–Crippen MR) is 134 cm³/mol. The predicted octanol–water partition coefficient (Wildman–Crippen LogP) is 5.63. The summed E-state index contributed by atoms with van der Waals surface area (Å²) in [7, 11) is 1.75. The van der Waals surface area contributed by atoms with Gasteiger partial charge in [-0.1, -0.05) is 34.8 Å². The maximum absolute atomic E-state index is 6.57. The monoisotopic (exact) mass is 488 g/mol. The van der Waals surface area contributed by atoms with Crippen LogP contribution in [0.25, 0.3) is 17.1 Å². The molecule has 1 saturated heterocycles. The molecular weight excluding hydrogens is 467 g/mol. The Balaban J connectivity index is 1.95. The Bertz CT molecular complexity index is 1170. The highest BCUT2D eigenvalue weighted by molar-refractivity contribution is 6.36. The number of rotatable bonds is 4. The number of likely N-dealkylation sites (tertiary alicyclic amines) is 1. The minimum absolute atomic E-state index is 0.0872. The van der Waals surface area contributed by atoms with Gasteiger partial charge in [-0.2, -0.15) is 0 Å². The van der Waals surface area contributed by atoms with Gasteiger partial charge in [0.05, 0.1) is 5.02 Å². The second-order valence-corrected chi connectivity index (χ2v) is 8.88. The Morgan fingerprint density at radius 3 is 2.47 bits per heavy atom. The van der Waals surface area contributed by atoms with Gasteiger partial charge < -0.3 is 10.6 Å². The number of aromatic nitrogens is 2. The summed E-state index contributed by atoms with van der Waals surface area (Å²) in [5, 5.41) is 1.66. The topological polar surface area (TPSA) is 71.8 Å². The van der Waals surface area contributed by atoms with Gasteiger partial charge in [-0.15, -0.1) is 0 Å². The number of imidazole rings is 1. The van der Waals surface area contributed by atoms with E-state index in [2.05, 4.69) is 21.6 Å².